The van der Waals surface area contributed by atoms with E-state index in [0.717, 1.165) is 17.1 Å². The van der Waals surface area contributed by atoms with E-state index >= 15 is 0 Å². The number of fused-ring (bicyclic) bond motifs is 6. The van der Waals surface area contributed by atoms with E-state index < -0.39 is 5.41 Å². The lowest BCUT2D eigenvalue weighted by molar-refractivity contribution is 0.768. The Labute approximate surface area is 372 Å². The van der Waals surface area contributed by atoms with Crippen molar-refractivity contribution in [3.63, 3.8) is 0 Å². The molecule has 2 heteroatoms. The first kappa shape index (κ1) is 37.0. The standard InChI is InChI=1S/C61H41NS/c1-5-21-42(22-6-1)47-29-13-14-32-52(47)59-48(43-23-7-2-8-24-43)33-19-36-56(59)62(57-37-20-34-53-51-31-16-18-38-58(51)63-60(53)57)46-39-40-50-49-30-15-17-35-54(49)61(55(50)41-46,44-25-9-3-10-26-44)45-27-11-4-12-28-45/h1-41H. The highest BCUT2D eigenvalue weighted by atomic mass is 32.1. The minimum absolute atomic E-state index is 0.547. The predicted molar refractivity (Wildman–Crippen MR) is 268 cm³/mol. The summed E-state index contributed by atoms with van der Waals surface area (Å²) < 4.78 is 2.54. The summed E-state index contributed by atoms with van der Waals surface area (Å²) in [5.41, 5.74) is 17.5. The first-order chi connectivity index (χ1) is 31.3. The van der Waals surface area contributed by atoms with Gasteiger partial charge in [-0.15, -0.1) is 11.3 Å². The Morgan fingerprint density at radius 2 is 0.841 bits per heavy atom. The lowest BCUT2D eigenvalue weighted by Gasteiger charge is -2.35. The summed E-state index contributed by atoms with van der Waals surface area (Å²) in [4.78, 5) is 2.56. The van der Waals surface area contributed by atoms with Crippen molar-refractivity contribution in [1.29, 1.82) is 0 Å². The van der Waals surface area contributed by atoms with Crippen molar-refractivity contribution >= 4 is 48.6 Å². The summed E-state index contributed by atoms with van der Waals surface area (Å²) in [5, 5.41) is 2.54. The Balaban J connectivity index is 1.21. The quantitative estimate of drug-likeness (QED) is 0.148. The van der Waals surface area contributed by atoms with Crippen molar-refractivity contribution in [3.8, 4) is 44.5 Å². The molecule has 0 N–H and O–H groups in total. The van der Waals surface area contributed by atoms with E-state index in [2.05, 4.69) is 254 Å². The second kappa shape index (κ2) is 15.3. The Hall–Kier alpha value is -7.78. The molecule has 0 unspecified atom stereocenters. The van der Waals surface area contributed by atoms with Gasteiger partial charge in [0.2, 0.25) is 0 Å². The van der Waals surface area contributed by atoms with Gasteiger partial charge < -0.3 is 4.90 Å². The molecule has 1 heterocycles. The Bertz CT molecular complexity index is 3400. The highest BCUT2D eigenvalue weighted by Crippen LogP contribution is 2.58. The topological polar surface area (TPSA) is 3.24 Å². The fourth-order valence-electron chi connectivity index (χ4n) is 10.3. The molecule has 0 radical (unpaired) electrons. The average molecular weight is 820 g/mol. The first-order valence-electron chi connectivity index (χ1n) is 21.7. The number of nitrogens with zero attached hydrogens (tertiary/aromatic N) is 1. The van der Waals surface area contributed by atoms with Crippen LogP contribution >= 0.6 is 11.3 Å². The van der Waals surface area contributed by atoms with Crippen LogP contribution in [0.1, 0.15) is 22.3 Å². The molecule has 12 rings (SSSR count). The number of thiophene rings is 1. The summed E-state index contributed by atoms with van der Waals surface area (Å²) in [6, 6.07) is 91.7. The molecule has 0 fully saturated rings. The number of benzene rings is 10. The van der Waals surface area contributed by atoms with Gasteiger partial charge in [-0.3, -0.25) is 0 Å². The summed E-state index contributed by atoms with van der Waals surface area (Å²) in [6.45, 7) is 0. The van der Waals surface area contributed by atoms with Crippen LogP contribution in [0.3, 0.4) is 0 Å². The third-order valence-corrected chi connectivity index (χ3v) is 14.2. The second-order valence-electron chi connectivity index (χ2n) is 16.3. The third-order valence-electron chi connectivity index (χ3n) is 13.0. The Kier molecular flexibility index (Phi) is 8.98. The highest BCUT2D eigenvalue weighted by Gasteiger charge is 2.46. The van der Waals surface area contributed by atoms with Gasteiger partial charge in [0, 0.05) is 26.7 Å². The molecule has 0 bridgehead atoms. The highest BCUT2D eigenvalue weighted by molar-refractivity contribution is 7.26. The molecule has 0 spiro atoms. The molecule has 0 atom stereocenters. The lowest BCUT2D eigenvalue weighted by Crippen LogP contribution is -2.28. The molecule has 0 saturated heterocycles. The molecule has 1 aliphatic rings. The molecule has 0 aliphatic heterocycles. The van der Waals surface area contributed by atoms with E-state index in [1.165, 1.54) is 86.9 Å². The number of rotatable bonds is 8. The van der Waals surface area contributed by atoms with Crippen LogP contribution in [0.5, 0.6) is 0 Å². The van der Waals surface area contributed by atoms with Gasteiger partial charge in [-0.2, -0.15) is 0 Å². The van der Waals surface area contributed by atoms with Gasteiger partial charge in [0.1, 0.15) is 0 Å². The van der Waals surface area contributed by atoms with Gasteiger partial charge in [0.05, 0.1) is 21.5 Å². The van der Waals surface area contributed by atoms with Gasteiger partial charge >= 0.3 is 0 Å². The zero-order valence-corrected chi connectivity index (χ0v) is 35.3. The van der Waals surface area contributed by atoms with Crippen LogP contribution in [-0.4, -0.2) is 0 Å². The zero-order chi connectivity index (χ0) is 41.7. The fourth-order valence-corrected chi connectivity index (χ4v) is 11.5. The smallest absolute Gasteiger partial charge is 0.0714 e. The SMILES string of the molecule is c1ccc(-c2ccccc2-c2c(-c3ccccc3)cccc2N(c2ccc3c(c2)C(c2ccccc2)(c2ccccc2)c2ccccc2-3)c2cccc3c2sc2ccccc23)cc1. The predicted octanol–water partition coefficient (Wildman–Crippen LogP) is 16.9. The van der Waals surface area contributed by atoms with E-state index in [4.69, 9.17) is 0 Å². The summed E-state index contributed by atoms with van der Waals surface area (Å²) in [6.07, 6.45) is 0. The lowest BCUT2D eigenvalue weighted by atomic mass is 9.67. The van der Waals surface area contributed by atoms with Crippen LogP contribution in [0.4, 0.5) is 17.1 Å². The number of hydrogen-bond donors (Lipinski definition) is 0. The molecule has 11 aromatic rings. The van der Waals surface area contributed by atoms with Crippen LogP contribution in [0.15, 0.2) is 249 Å². The monoisotopic (exact) mass is 819 g/mol. The molecule has 1 nitrogen and oxygen atoms in total. The van der Waals surface area contributed by atoms with Crippen LogP contribution < -0.4 is 4.90 Å². The number of hydrogen-bond acceptors (Lipinski definition) is 2. The Morgan fingerprint density at radius 1 is 0.333 bits per heavy atom. The van der Waals surface area contributed by atoms with Crippen LogP contribution in [-0.2, 0) is 5.41 Å². The molecule has 10 aromatic carbocycles. The van der Waals surface area contributed by atoms with E-state index in [0.29, 0.717) is 0 Å². The van der Waals surface area contributed by atoms with Gasteiger partial charge in [-0.25, -0.2) is 0 Å². The fraction of sp³-hybridized carbons (Fsp3) is 0.0164. The summed E-state index contributed by atoms with van der Waals surface area (Å²) in [5.74, 6) is 0. The molecule has 0 amide bonds. The van der Waals surface area contributed by atoms with E-state index in [9.17, 15) is 0 Å². The maximum Gasteiger partial charge on any atom is 0.0714 e. The molecular weight excluding hydrogens is 779 g/mol. The van der Waals surface area contributed by atoms with Crippen molar-refractivity contribution in [2.45, 2.75) is 5.41 Å². The minimum Gasteiger partial charge on any atom is -0.308 e. The maximum absolute atomic E-state index is 2.56. The average Bonchev–Trinajstić information content (AvgIpc) is 3.89. The Morgan fingerprint density at radius 3 is 1.56 bits per heavy atom. The molecule has 1 aliphatic carbocycles. The minimum atomic E-state index is -0.547. The zero-order valence-electron chi connectivity index (χ0n) is 34.5. The molecule has 0 saturated carbocycles. The van der Waals surface area contributed by atoms with Crippen LogP contribution in [0, 0.1) is 0 Å². The maximum atomic E-state index is 2.56. The van der Waals surface area contributed by atoms with Gasteiger partial charge in [0.15, 0.2) is 0 Å². The van der Waals surface area contributed by atoms with Crippen molar-refractivity contribution in [2.75, 3.05) is 4.90 Å². The van der Waals surface area contributed by atoms with Gasteiger partial charge in [-0.1, -0.05) is 218 Å². The third kappa shape index (κ3) is 5.91. The first-order valence-corrected chi connectivity index (χ1v) is 22.5. The second-order valence-corrected chi connectivity index (χ2v) is 17.4. The van der Waals surface area contributed by atoms with Crippen LogP contribution in [0.25, 0.3) is 64.7 Å². The van der Waals surface area contributed by atoms with E-state index in [-0.39, 0.29) is 0 Å². The summed E-state index contributed by atoms with van der Waals surface area (Å²) in [7, 11) is 0. The van der Waals surface area contributed by atoms with Gasteiger partial charge in [-0.05, 0) is 91.5 Å². The van der Waals surface area contributed by atoms with Crippen molar-refractivity contribution in [2.24, 2.45) is 0 Å². The molecule has 1 aromatic heterocycles. The largest absolute Gasteiger partial charge is 0.308 e. The van der Waals surface area contributed by atoms with E-state index in [1.54, 1.807) is 0 Å². The molecular formula is C61H41NS. The molecule has 296 valence electrons. The van der Waals surface area contributed by atoms with Crippen molar-refractivity contribution < 1.29 is 0 Å². The molecule has 63 heavy (non-hydrogen) atoms. The van der Waals surface area contributed by atoms with Crippen LogP contribution in [0.2, 0.25) is 0 Å². The van der Waals surface area contributed by atoms with Gasteiger partial charge in [0.25, 0.3) is 0 Å². The summed E-state index contributed by atoms with van der Waals surface area (Å²) >= 11 is 1.88. The normalized spacial score (nSPS) is 12.6. The van der Waals surface area contributed by atoms with E-state index in [1.807, 2.05) is 11.3 Å². The number of anilines is 3. The van der Waals surface area contributed by atoms with Crippen molar-refractivity contribution in [1.82, 2.24) is 0 Å². The van der Waals surface area contributed by atoms with Crippen molar-refractivity contribution in [3.05, 3.63) is 271 Å².